The number of pyridine rings is 1. The second-order valence-electron chi connectivity index (χ2n) is 8.18. The van der Waals surface area contributed by atoms with E-state index in [0.29, 0.717) is 29.0 Å². The fourth-order valence-corrected chi connectivity index (χ4v) is 4.23. The molecule has 5 rings (SSSR count). The maximum absolute atomic E-state index is 12.9. The number of hydrogen-bond acceptors (Lipinski definition) is 8. The molecule has 0 atom stereocenters. The number of benzene rings is 2. The predicted molar refractivity (Wildman–Crippen MR) is 126 cm³/mol. The summed E-state index contributed by atoms with van der Waals surface area (Å²) < 4.78 is 5.90. The first-order chi connectivity index (χ1) is 16.5. The number of nitro benzene ring substituents is 1. The highest BCUT2D eigenvalue weighted by molar-refractivity contribution is 6.15. The molecule has 9 heteroatoms. The van der Waals surface area contributed by atoms with E-state index < -0.39 is 4.92 Å². The molecule has 1 N–H and O–H groups in total. The van der Waals surface area contributed by atoms with E-state index in [0.717, 1.165) is 32.0 Å². The van der Waals surface area contributed by atoms with E-state index in [9.17, 15) is 20.0 Å². The van der Waals surface area contributed by atoms with Crippen molar-refractivity contribution in [3.8, 4) is 11.5 Å². The lowest BCUT2D eigenvalue weighted by Gasteiger charge is -2.35. The molecule has 1 saturated heterocycles. The van der Waals surface area contributed by atoms with Gasteiger partial charge >= 0.3 is 0 Å². The number of nitrogens with zero attached hydrogens (tertiary/aromatic N) is 4. The number of aromatic nitrogens is 1. The number of allylic oxidation sites excluding steroid dienone is 1. The number of anilines is 1. The van der Waals surface area contributed by atoms with Crippen molar-refractivity contribution in [2.24, 2.45) is 0 Å². The molecule has 0 radical (unpaired) electrons. The van der Waals surface area contributed by atoms with Gasteiger partial charge in [0.15, 0.2) is 5.76 Å². The largest absolute Gasteiger partial charge is 0.507 e. The second-order valence-corrected chi connectivity index (χ2v) is 8.18. The highest BCUT2D eigenvalue weighted by Gasteiger charge is 2.32. The highest BCUT2D eigenvalue weighted by atomic mass is 16.6. The molecule has 3 heterocycles. The summed E-state index contributed by atoms with van der Waals surface area (Å²) in [6.45, 7) is 3.56. The molecule has 9 nitrogen and oxygen atoms in total. The number of phenolic OH excluding ortho intramolecular Hbond substituents is 1. The minimum Gasteiger partial charge on any atom is -0.507 e. The Labute approximate surface area is 195 Å². The fourth-order valence-electron chi connectivity index (χ4n) is 4.23. The number of ketones is 1. The van der Waals surface area contributed by atoms with Crippen LogP contribution >= 0.6 is 0 Å². The zero-order valence-electron chi connectivity index (χ0n) is 18.3. The second kappa shape index (κ2) is 8.95. The monoisotopic (exact) mass is 458 g/mol. The standard InChI is InChI=1S/C25H22N4O5/c30-21-8-7-19-24(31)22(15-17-4-3-5-18(14-17)29(32)33)34-25(19)20(21)16-27-10-12-28(13-11-27)23-6-1-2-9-26-23/h1-9,14-15,30H,10-13,16H2/b22-15-. The minimum absolute atomic E-state index is 0.0651. The summed E-state index contributed by atoms with van der Waals surface area (Å²) in [7, 11) is 0. The lowest BCUT2D eigenvalue weighted by atomic mass is 10.0. The SMILES string of the molecule is O=C1/C(=C/c2cccc([N+](=O)[O-])c2)Oc2c1ccc(O)c2CN1CCN(c2ccccn2)CC1. The van der Waals surface area contributed by atoms with Gasteiger partial charge in [0.25, 0.3) is 5.69 Å². The van der Waals surface area contributed by atoms with Gasteiger partial charge in [-0.15, -0.1) is 0 Å². The number of carbonyl (C=O) groups excluding carboxylic acids is 1. The summed E-state index contributed by atoms with van der Waals surface area (Å²) in [6, 6.07) is 14.9. The van der Waals surface area contributed by atoms with Crippen LogP contribution in [0.5, 0.6) is 11.5 Å². The molecule has 2 aliphatic rings. The van der Waals surface area contributed by atoms with Crippen molar-refractivity contribution in [2.75, 3.05) is 31.1 Å². The maximum atomic E-state index is 12.9. The van der Waals surface area contributed by atoms with E-state index in [4.69, 9.17) is 4.74 Å². The van der Waals surface area contributed by atoms with Gasteiger partial charge in [-0.1, -0.05) is 18.2 Å². The molecule has 2 aliphatic heterocycles. The summed E-state index contributed by atoms with van der Waals surface area (Å²) in [5.41, 5.74) is 1.35. The Morgan fingerprint density at radius 3 is 2.65 bits per heavy atom. The third-order valence-electron chi connectivity index (χ3n) is 6.02. The molecule has 34 heavy (non-hydrogen) atoms. The van der Waals surface area contributed by atoms with Gasteiger partial charge in [0.2, 0.25) is 5.78 Å². The van der Waals surface area contributed by atoms with Crippen LogP contribution in [0.4, 0.5) is 11.5 Å². The van der Waals surface area contributed by atoms with Crippen LogP contribution in [0.3, 0.4) is 0 Å². The number of fused-ring (bicyclic) bond motifs is 1. The third-order valence-corrected chi connectivity index (χ3v) is 6.02. The molecule has 3 aromatic rings. The highest BCUT2D eigenvalue weighted by Crippen LogP contribution is 2.40. The first-order valence-corrected chi connectivity index (χ1v) is 10.9. The molecule has 0 aliphatic carbocycles. The number of Topliss-reactive ketones (excluding diaryl/α,β-unsaturated/α-hetero) is 1. The normalized spacial score (nSPS) is 17.0. The number of piperazine rings is 1. The van der Waals surface area contributed by atoms with Gasteiger partial charge in [-0.25, -0.2) is 4.98 Å². The maximum Gasteiger partial charge on any atom is 0.270 e. The summed E-state index contributed by atoms with van der Waals surface area (Å²) in [5.74, 6) is 1.10. The van der Waals surface area contributed by atoms with Gasteiger partial charge in [-0.3, -0.25) is 19.8 Å². The molecule has 0 amide bonds. The Morgan fingerprint density at radius 1 is 1.09 bits per heavy atom. The van der Waals surface area contributed by atoms with Gasteiger partial charge in [0.1, 0.15) is 17.3 Å². The molecule has 1 fully saturated rings. The van der Waals surface area contributed by atoms with Crippen molar-refractivity contribution in [3.05, 3.63) is 93.4 Å². The molecule has 0 bridgehead atoms. The summed E-state index contributed by atoms with van der Waals surface area (Å²) in [4.78, 5) is 32.3. The lowest BCUT2D eigenvalue weighted by molar-refractivity contribution is -0.384. The Balaban J connectivity index is 1.34. The Kier molecular flexibility index (Phi) is 5.69. The van der Waals surface area contributed by atoms with Crippen molar-refractivity contribution in [2.45, 2.75) is 6.54 Å². The van der Waals surface area contributed by atoms with Crippen LogP contribution in [-0.4, -0.2) is 51.9 Å². The number of non-ortho nitro benzene ring substituents is 1. The van der Waals surface area contributed by atoms with Crippen LogP contribution in [0.25, 0.3) is 6.08 Å². The smallest absolute Gasteiger partial charge is 0.270 e. The van der Waals surface area contributed by atoms with E-state index >= 15 is 0 Å². The topological polar surface area (TPSA) is 109 Å². The van der Waals surface area contributed by atoms with Crippen molar-refractivity contribution in [3.63, 3.8) is 0 Å². The van der Waals surface area contributed by atoms with E-state index in [2.05, 4.69) is 14.8 Å². The average Bonchev–Trinajstić information content (AvgIpc) is 3.17. The lowest BCUT2D eigenvalue weighted by Crippen LogP contribution is -2.46. The van der Waals surface area contributed by atoms with Crippen LogP contribution in [0.1, 0.15) is 21.5 Å². The quantitative estimate of drug-likeness (QED) is 0.351. The number of nitro groups is 1. The van der Waals surface area contributed by atoms with E-state index in [1.54, 1.807) is 24.4 Å². The van der Waals surface area contributed by atoms with Gasteiger partial charge in [0, 0.05) is 51.1 Å². The molecule has 0 unspecified atom stereocenters. The fraction of sp³-hybridized carbons (Fsp3) is 0.200. The van der Waals surface area contributed by atoms with E-state index in [1.807, 2.05) is 18.2 Å². The van der Waals surface area contributed by atoms with Crippen LogP contribution < -0.4 is 9.64 Å². The van der Waals surface area contributed by atoms with Crippen molar-refractivity contribution < 1.29 is 19.6 Å². The van der Waals surface area contributed by atoms with Crippen LogP contribution in [0, 0.1) is 10.1 Å². The number of rotatable bonds is 5. The summed E-state index contributed by atoms with van der Waals surface area (Å²) in [5, 5.41) is 21.6. The van der Waals surface area contributed by atoms with Crippen LogP contribution in [-0.2, 0) is 6.54 Å². The minimum atomic E-state index is -0.488. The van der Waals surface area contributed by atoms with Crippen molar-refractivity contribution in [1.82, 2.24) is 9.88 Å². The molecule has 172 valence electrons. The predicted octanol–water partition coefficient (Wildman–Crippen LogP) is 3.63. The van der Waals surface area contributed by atoms with Crippen LogP contribution in [0.2, 0.25) is 0 Å². The molecule has 0 saturated carbocycles. The summed E-state index contributed by atoms with van der Waals surface area (Å²) in [6.07, 6.45) is 3.27. The zero-order chi connectivity index (χ0) is 23.7. The Hall–Kier alpha value is -4.24. The molecular formula is C25H22N4O5. The van der Waals surface area contributed by atoms with Crippen molar-refractivity contribution in [1.29, 1.82) is 0 Å². The van der Waals surface area contributed by atoms with Crippen LogP contribution in [0.15, 0.2) is 66.6 Å². The Bertz CT molecular complexity index is 1280. The first-order valence-electron chi connectivity index (χ1n) is 10.9. The number of phenols is 1. The average molecular weight is 458 g/mol. The molecular weight excluding hydrogens is 436 g/mol. The number of aromatic hydroxyl groups is 1. The number of ether oxygens (including phenoxy) is 1. The molecule has 1 aromatic heterocycles. The first kappa shape index (κ1) is 21.6. The van der Waals surface area contributed by atoms with E-state index in [-0.39, 0.29) is 23.0 Å². The molecule has 0 spiro atoms. The van der Waals surface area contributed by atoms with Gasteiger partial charge < -0.3 is 14.7 Å². The third kappa shape index (κ3) is 4.20. The number of carbonyl (C=O) groups is 1. The van der Waals surface area contributed by atoms with Gasteiger partial charge in [-0.05, 0) is 35.9 Å². The van der Waals surface area contributed by atoms with Gasteiger partial charge in [-0.2, -0.15) is 0 Å². The van der Waals surface area contributed by atoms with Gasteiger partial charge in [0.05, 0.1) is 16.1 Å². The summed E-state index contributed by atoms with van der Waals surface area (Å²) >= 11 is 0. The number of hydrogen-bond donors (Lipinski definition) is 1. The Morgan fingerprint density at radius 2 is 1.91 bits per heavy atom. The van der Waals surface area contributed by atoms with E-state index in [1.165, 1.54) is 24.3 Å². The molecule has 2 aromatic carbocycles. The van der Waals surface area contributed by atoms with Crippen molar-refractivity contribution >= 4 is 23.4 Å². The zero-order valence-corrected chi connectivity index (χ0v) is 18.3.